The lowest BCUT2D eigenvalue weighted by molar-refractivity contribution is -0.0476. The number of fused-ring (bicyclic) bond motifs is 8. The Labute approximate surface area is 314 Å². The summed E-state index contributed by atoms with van der Waals surface area (Å²) in [4.78, 5) is 4.63. The number of benzene rings is 4. The van der Waals surface area contributed by atoms with Crippen molar-refractivity contribution >= 4 is 12.2 Å². The number of nitrogens with one attached hydrogen (secondary N) is 1. The second-order valence-corrected chi connectivity index (χ2v) is 15.7. The fourth-order valence-corrected chi connectivity index (χ4v) is 10.0. The molecule has 4 aromatic rings. The molecule has 10 rings (SSSR count). The van der Waals surface area contributed by atoms with Gasteiger partial charge in [-0.3, -0.25) is 10.3 Å². The van der Waals surface area contributed by atoms with Gasteiger partial charge in [0.25, 0.3) is 0 Å². The molecule has 9 heteroatoms. The lowest BCUT2D eigenvalue weighted by Gasteiger charge is -2.43. The molecule has 278 valence electrons. The van der Waals surface area contributed by atoms with Crippen LogP contribution in [0.15, 0.2) is 59.6 Å². The average molecular weight is 727 g/mol. The number of allylic oxidation sites excluding steroid dienone is 1. The first-order valence-corrected chi connectivity index (χ1v) is 19.5. The minimum absolute atomic E-state index is 0.0536. The summed E-state index contributed by atoms with van der Waals surface area (Å²) in [7, 11) is 1.56. The van der Waals surface area contributed by atoms with E-state index in [2.05, 4.69) is 52.8 Å². The van der Waals surface area contributed by atoms with Crippen LogP contribution in [0.4, 0.5) is 0 Å². The van der Waals surface area contributed by atoms with Gasteiger partial charge >= 0.3 is 0 Å². The lowest BCUT2D eigenvalue weighted by Crippen LogP contribution is -2.39. The molecule has 0 aromatic heterocycles. The number of rotatable bonds is 8. The fourth-order valence-electron chi connectivity index (χ4n) is 10.0. The minimum Gasteiger partial charge on any atom is -0.507 e. The number of aromatic hydroxyl groups is 2. The molecule has 9 nitrogen and oxygen atoms in total. The van der Waals surface area contributed by atoms with E-state index in [1.54, 1.807) is 19.2 Å². The van der Waals surface area contributed by atoms with Crippen LogP contribution in [-0.4, -0.2) is 60.6 Å². The molecule has 54 heavy (non-hydrogen) atoms. The number of phenols is 2. The normalized spacial score (nSPS) is 24.5. The third kappa shape index (κ3) is 5.50. The van der Waals surface area contributed by atoms with Crippen LogP contribution < -0.4 is 30.1 Å². The number of methoxy groups -OCH3 is 1. The average Bonchev–Trinajstić information content (AvgIpc) is 3.91. The van der Waals surface area contributed by atoms with Crippen LogP contribution in [-0.2, 0) is 24.0 Å². The van der Waals surface area contributed by atoms with Crippen molar-refractivity contribution < 1.29 is 34.3 Å². The molecule has 4 aromatic carbocycles. The van der Waals surface area contributed by atoms with Crippen molar-refractivity contribution in [3.63, 3.8) is 0 Å². The van der Waals surface area contributed by atoms with Crippen molar-refractivity contribution in [3.05, 3.63) is 104 Å². The summed E-state index contributed by atoms with van der Waals surface area (Å²) < 4.78 is 26.3. The molecular weight excluding hydrogens is 681 g/mol. The number of phenolic OH excluding ortho intramolecular Hbond substituents is 2. The number of aliphatic hydroxyl groups is 1. The van der Waals surface area contributed by atoms with Crippen LogP contribution in [0.1, 0.15) is 89.0 Å². The molecule has 3 aliphatic heterocycles. The van der Waals surface area contributed by atoms with Gasteiger partial charge in [0, 0.05) is 40.6 Å². The smallest absolute Gasteiger partial charge is 0.160 e. The summed E-state index contributed by atoms with van der Waals surface area (Å²) in [5.74, 6) is 2.47. The molecule has 0 bridgehead atoms. The highest BCUT2D eigenvalue weighted by Gasteiger charge is 2.44. The molecule has 1 saturated carbocycles. The van der Waals surface area contributed by atoms with Gasteiger partial charge in [0.2, 0.25) is 0 Å². The Morgan fingerprint density at radius 2 is 1.74 bits per heavy atom. The van der Waals surface area contributed by atoms with Gasteiger partial charge in [0.05, 0.1) is 32.3 Å². The number of aliphatic hydroxyl groups excluding tert-OH is 1. The van der Waals surface area contributed by atoms with Gasteiger partial charge in [-0.25, -0.2) is 0 Å². The maximum atomic E-state index is 11.2. The van der Waals surface area contributed by atoms with E-state index in [9.17, 15) is 15.3 Å². The van der Waals surface area contributed by atoms with Crippen LogP contribution >= 0.6 is 0 Å². The van der Waals surface area contributed by atoms with Crippen LogP contribution in [0.2, 0.25) is 0 Å². The molecule has 5 unspecified atom stereocenters. The summed E-state index contributed by atoms with van der Waals surface area (Å²) in [5, 5.41) is 38.0. The minimum atomic E-state index is -0.465. The topological polar surface area (TPSA) is 122 Å². The van der Waals surface area contributed by atoms with Gasteiger partial charge in [-0.1, -0.05) is 49.3 Å². The number of hydrogen-bond acceptors (Lipinski definition) is 9. The highest BCUT2D eigenvalue weighted by Crippen LogP contribution is 2.59. The quantitative estimate of drug-likeness (QED) is 0.166. The van der Waals surface area contributed by atoms with Gasteiger partial charge in [-0.15, -0.1) is 0 Å². The van der Waals surface area contributed by atoms with Gasteiger partial charge in [0.1, 0.15) is 29.5 Å². The first-order chi connectivity index (χ1) is 26.5. The van der Waals surface area contributed by atoms with Crippen LogP contribution in [0.3, 0.4) is 0 Å². The summed E-state index contributed by atoms with van der Waals surface area (Å²) in [5.41, 5.74) is 9.52. The molecule has 0 saturated heterocycles. The number of nitrogens with zero attached hydrogens (tertiary/aromatic N) is 1. The molecule has 4 N–H and O–H groups in total. The molecule has 3 heterocycles. The van der Waals surface area contributed by atoms with Crippen molar-refractivity contribution in [3.8, 4) is 39.9 Å². The third-order valence-corrected chi connectivity index (χ3v) is 12.7. The standard InChI is InChI=1S/C45H46N2O7/c1-51-39-19-26(7-14-38(39)50)43-40(52-23-47-27-4-2-3-5-27)21-35-34-20-33-29(24-6-13-36-25(18-24)16-17-46-36)10-11-30-37(49)15-12-31(41(30)33)42(34)45-32(44(35)54-43)9-8-28(22-48)53-45/h6-7,10-16,18-19,27-29,33,40,43,47-50H,2-5,8-9,17,20-23H2,1H3. The Kier molecular flexibility index (Phi) is 8.42. The Balaban J connectivity index is 1.13. The van der Waals surface area contributed by atoms with E-state index in [1.807, 2.05) is 12.1 Å². The largest absolute Gasteiger partial charge is 0.507 e. The Bertz CT molecular complexity index is 2310. The monoisotopic (exact) mass is 726 g/mol. The summed E-state index contributed by atoms with van der Waals surface area (Å²) in [6.45, 7) is 1.05. The summed E-state index contributed by atoms with van der Waals surface area (Å²) in [6, 6.07) is 16.3. The Hall–Kier alpha value is -4.83. The predicted molar refractivity (Wildman–Crippen MR) is 205 cm³/mol. The van der Waals surface area contributed by atoms with Crippen molar-refractivity contribution in [2.45, 2.75) is 87.6 Å². The van der Waals surface area contributed by atoms with E-state index in [4.69, 9.17) is 18.9 Å². The zero-order valence-electron chi connectivity index (χ0n) is 30.5. The summed E-state index contributed by atoms with van der Waals surface area (Å²) in [6.07, 6.45) is 12.9. The molecule has 0 spiro atoms. The maximum absolute atomic E-state index is 11.2. The first-order valence-electron chi connectivity index (χ1n) is 19.5. The number of hydrogen-bond donors (Lipinski definition) is 4. The summed E-state index contributed by atoms with van der Waals surface area (Å²) >= 11 is 0. The molecule has 5 atom stereocenters. The van der Waals surface area contributed by atoms with E-state index in [-0.39, 0.29) is 42.1 Å². The van der Waals surface area contributed by atoms with Crippen molar-refractivity contribution in [1.82, 2.24) is 5.32 Å². The van der Waals surface area contributed by atoms with E-state index in [0.717, 1.165) is 75.1 Å². The highest BCUT2D eigenvalue weighted by atomic mass is 16.6. The fraction of sp³-hybridized carbons (Fsp3) is 0.400. The van der Waals surface area contributed by atoms with Crippen LogP contribution in [0.25, 0.3) is 23.3 Å². The zero-order chi connectivity index (χ0) is 36.5. The van der Waals surface area contributed by atoms with Gasteiger partial charge in [-0.05, 0) is 101 Å². The van der Waals surface area contributed by atoms with E-state index < -0.39 is 6.10 Å². The third-order valence-electron chi connectivity index (χ3n) is 12.7. The molecular formula is C45H46N2O7. The van der Waals surface area contributed by atoms with Gasteiger partial charge in [0.15, 0.2) is 17.6 Å². The van der Waals surface area contributed by atoms with E-state index in [0.29, 0.717) is 44.3 Å². The highest BCUT2D eigenvalue weighted by molar-refractivity contribution is 5.88. The Morgan fingerprint density at radius 1 is 0.889 bits per heavy atom. The molecule has 3 aliphatic carbocycles. The lowest BCUT2D eigenvalue weighted by atomic mass is 9.65. The van der Waals surface area contributed by atoms with Gasteiger partial charge in [-0.2, -0.15) is 0 Å². The molecule has 1 fully saturated rings. The van der Waals surface area contributed by atoms with Crippen molar-refractivity contribution in [2.75, 3.05) is 27.0 Å². The predicted octanol–water partition coefficient (Wildman–Crippen LogP) is 5.87. The molecule has 0 radical (unpaired) electrons. The Morgan fingerprint density at radius 3 is 2.59 bits per heavy atom. The molecule has 0 amide bonds. The second-order valence-electron chi connectivity index (χ2n) is 15.7. The van der Waals surface area contributed by atoms with Crippen LogP contribution in [0, 0.1) is 0 Å². The van der Waals surface area contributed by atoms with E-state index in [1.165, 1.54) is 29.2 Å². The van der Waals surface area contributed by atoms with Crippen molar-refractivity contribution in [2.24, 2.45) is 4.99 Å². The zero-order valence-corrected chi connectivity index (χ0v) is 30.5. The maximum Gasteiger partial charge on any atom is 0.160 e. The SMILES string of the molecule is COc1cc(C2Oc3c(c4c(c5c3CCC(CO)O5)-c3ccc(O)c5c3C(C4)C(c3ccc4c(c3)=CCN=4)C=C5)CC2OCNC2CCCC2)ccc1O. The van der Waals surface area contributed by atoms with Crippen molar-refractivity contribution in [1.29, 1.82) is 0 Å². The van der Waals surface area contributed by atoms with E-state index >= 15 is 0 Å². The molecule has 6 aliphatic rings. The number of ether oxygens (including phenoxy) is 4. The second kappa shape index (κ2) is 13.5. The van der Waals surface area contributed by atoms with Gasteiger partial charge < -0.3 is 34.3 Å². The first kappa shape index (κ1) is 33.7. The van der Waals surface area contributed by atoms with Crippen LogP contribution in [0.5, 0.6) is 28.7 Å².